The average Bonchev–Trinajstić information content (AvgIpc) is 2.00. The zero-order valence-corrected chi connectivity index (χ0v) is 5.64. The Morgan fingerprint density at radius 3 is 3.00 bits per heavy atom. The molecule has 0 bridgehead atoms. The summed E-state index contributed by atoms with van der Waals surface area (Å²) in [5.74, 6) is 0. The summed E-state index contributed by atoms with van der Waals surface area (Å²) in [6.45, 7) is 0. The van der Waals surface area contributed by atoms with E-state index in [0.717, 1.165) is 6.42 Å². The number of hydrogen-bond donors (Lipinski definition) is 0. The van der Waals surface area contributed by atoms with Gasteiger partial charge in [0.1, 0.15) is 0 Å². The third-order valence-corrected chi connectivity index (χ3v) is 1.38. The Kier molecular flexibility index (Phi) is 2.96. The van der Waals surface area contributed by atoms with Crippen molar-refractivity contribution in [2.45, 2.75) is 25.7 Å². The van der Waals surface area contributed by atoms with Gasteiger partial charge >= 0.3 is 0 Å². The maximum absolute atomic E-state index is 3.13. The summed E-state index contributed by atoms with van der Waals surface area (Å²) in [4.78, 5) is 0. The summed E-state index contributed by atoms with van der Waals surface area (Å²) in [5, 5.41) is 0. The lowest BCUT2D eigenvalue weighted by atomic mass is 10.2. The lowest BCUT2D eigenvalue weighted by molar-refractivity contribution is 0.869. The highest BCUT2D eigenvalue weighted by atomic mass is 13.9. The normalized spacial score (nSPS) is 18.7. The standard InChI is InChI=1S/C9H12/c1-2-4-6-8-9-7-5-3-1/h1-2,5,9H,3-4,6,8H2. The Labute approximate surface area is 56.6 Å². The van der Waals surface area contributed by atoms with E-state index in [2.05, 4.69) is 30.0 Å². The van der Waals surface area contributed by atoms with Crippen molar-refractivity contribution >= 4 is 0 Å². The molecule has 0 radical (unpaired) electrons. The number of rotatable bonds is 0. The molecule has 0 N–H and O–H groups in total. The van der Waals surface area contributed by atoms with E-state index in [1.54, 1.807) is 0 Å². The van der Waals surface area contributed by atoms with Crippen LogP contribution in [0.25, 0.3) is 0 Å². The lowest BCUT2D eigenvalue weighted by Crippen LogP contribution is -1.65. The van der Waals surface area contributed by atoms with Gasteiger partial charge in [0.05, 0.1) is 0 Å². The van der Waals surface area contributed by atoms with E-state index in [-0.39, 0.29) is 0 Å². The van der Waals surface area contributed by atoms with Crippen molar-refractivity contribution in [3.63, 3.8) is 0 Å². The topological polar surface area (TPSA) is 0 Å². The van der Waals surface area contributed by atoms with Crippen LogP contribution in [0.15, 0.2) is 30.0 Å². The third kappa shape index (κ3) is 2.94. The van der Waals surface area contributed by atoms with Crippen molar-refractivity contribution in [1.82, 2.24) is 0 Å². The average molecular weight is 120 g/mol. The summed E-state index contributed by atoms with van der Waals surface area (Å²) in [5.41, 5.74) is 3.13. The molecule has 0 spiro atoms. The van der Waals surface area contributed by atoms with Gasteiger partial charge in [-0.05, 0) is 37.8 Å². The second-order valence-corrected chi connectivity index (χ2v) is 2.21. The predicted molar refractivity (Wildman–Crippen MR) is 40.3 cm³/mol. The molecule has 0 aromatic carbocycles. The molecule has 1 rings (SSSR count). The summed E-state index contributed by atoms with van der Waals surface area (Å²) >= 11 is 0. The van der Waals surface area contributed by atoms with Gasteiger partial charge in [-0.2, -0.15) is 0 Å². The molecule has 0 aromatic rings. The van der Waals surface area contributed by atoms with Crippen LogP contribution in [0.5, 0.6) is 0 Å². The molecule has 0 saturated heterocycles. The minimum Gasteiger partial charge on any atom is -0.129 e. The van der Waals surface area contributed by atoms with Crippen molar-refractivity contribution in [3.05, 3.63) is 30.0 Å². The molecule has 0 heterocycles. The van der Waals surface area contributed by atoms with Crippen LogP contribution in [0.4, 0.5) is 0 Å². The largest absolute Gasteiger partial charge is 0.129 e. The van der Waals surface area contributed by atoms with Crippen LogP contribution in [0, 0.1) is 0 Å². The summed E-state index contributed by atoms with van der Waals surface area (Å²) in [7, 11) is 0. The Balaban J connectivity index is 2.45. The monoisotopic (exact) mass is 120 g/mol. The van der Waals surface area contributed by atoms with Gasteiger partial charge in [0.15, 0.2) is 0 Å². The van der Waals surface area contributed by atoms with Crippen molar-refractivity contribution < 1.29 is 0 Å². The SMILES string of the molecule is C1=CCC=CCCCC=1. The maximum atomic E-state index is 3.13. The Hall–Kier alpha value is -0.740. The van der Waals surface area contributed by atoms with E-state index in [0.29, 0.717) is 0 Å². The van der Waals surface area contributed by atoms with Crippen LogP contribution < -0.4 is 0 Å². The quantitative estimate of drug-likeness (QED) is 0.340. The first-order valence-electron chi connectivity index (χ1n) is 3.54. The van der Waals surface area contributed by atoms with Gasteiger partial charge in [-0.15, -0.1) is 5.73 Å². The molecule has 0 unspecified atom stereocenters. The van der Waals surface area contributed by atoms with E-state index in [1.807, 2.05) is 0 Å². The summed E-state index contributed by atoms with van der Waals surface area (Å²) in [6, 6.07) is 0. The van der Waals surface area contributed by atoms with Gasteiger partial charge in [-0.3, -0.25) is 0 Å². The van der Waals surface area contributed by atoms with Gasteiger partial charge < -0.3 is 0 Å². The van der Waals surface area contributed by atoms with E-state index in [4.69, 9.17) is 0 Å². The van der Waals surface area contributed by atoms with Crippen molar-refractivity contribution in [3.8, 4) is 0 Å². The molecule has 0 aromatic heterocycles. The molecule has 0 saturated carbocycles. The predicted octanol–water partition coefficient (Wildman–Crippen LogP) is 2.83. The molecular weight excluding hydrogens is 108 g/mol. The minimum atomic E-state index is 1.05. The first-order valence-corrected chi connectivity index (χ1v) is 3.54. The fourth-order valence-corrected chi connectivity index (χ4v) is 0.855. The molecule has 9 heavy (non-hydrogen) atoms. The summed E-state index contributed by atoms with van der Waals surface area (Å²) in [6.07, 6.45) is 13.4. The smallest absolute Gasteiger partial charge is 0.00930 e. The van der Waals surface area contributed by atoms with Crippen LogP contribution >= 0.6 is 0 Å². The molecule has 48 valence electrons. The van der Waals surface area contributed by atoms with Gasteiger partial charge in [0.25, 0.3) is 0 Å². The molecule has 0 atom stereocenters. The zero-order chi connectivity index (χ0) is 6.36. The molecule has 0 heteroatoms. The van der Waals surface area contributed by atoms with Crippen molar-refractivity contribution in [1.29, 1.82) is 0 Å². The van der Waals surface area contributed by atoms with E-state index in [1.165, 1.54) is 19.3 Å². The summed E-state index contributed by atoms with van der Waals surface area (Å²) < 4.78 is 0. The third-order valence-electron chi connectivity index (χ3n) is 1.38. The van der Waals surface area contributed by atoms with E-state index in [9.17, 15) is 0 Å². The van der Waals surface area contributed by atoms with Gasteiger partial charge in [0, 0.05) is 0 Å². The highest BCUT2D eigenvalue weighted by molar-refractivity contribution is 4.95. The molecule has 0 amide bonds. The fraction of sp³-hybridized carbons (Fsp3) is 0.444. The highest BCUT2D eigenvalue weighted by Gasteiger charge is 1.80. The highest BCUT2D eigenvalue weighted by Crippen LogP contribution is 2.00. The second kappa shape index (κ2) is 4.17. The first kappa shape index (κ1) is 6.38. The second-order valence-electron chi connectivity index (χ2n) is 2.21. The van der Waals surface area contributed by atoms with Crippen LogP contribution in [0.1, 0.15) is 25.7 Å². The zero-order valence-electron chi connectivity index (χ0n) is 5.64. The molecule has 0 nitrogen and oxygen atoms in total. The number of hydrogen-bond acceptors (Lipinski definition) is 0. The van der Waals surface area contributed by atoms with Gasteiger partial charge in [0.2, 0.25) is 0 Å². The molecule has 1 aliphatic rings. The fourth-order valence-electron chi connectivity index (χ4n) is 0.855. The molecular formula is C9H12. The van der Waals surface area contributed by atoms with Crippen LogP contribution in [-0.4, -0.2) is 0 Å². The van der Waals surface area contributed by atoms with E-state index < -0.39 is 0 Å². The van der Waals surface area contributed by atoms with Gasteiger partial charge in [-0.1, -0.05) is 12.2 Å². The Morgan fingerprint density at radius 2 is 2.00 bits per heavy atom. The maximum Gasteiger partial charge on any atom is -0.00930 e. The van der Waals surface area contributed by atoms with Crippen LogP contribution in [0.3, 0.4) is 0 Å². The van der Waals surface area contributed by atoms with Crippen molar-refractivity contribution in [2.24, 2.45) is 0 Å². The van der Waals surface area contributed by atoms with Gasteiger partial charge in [-0.25, -0.2) is 0 Å². The number of allylic oxidation sites excluding steroid dienone is 3. The molecule has 0 fully saturated rings. The van der Waals surface area contributed by atoms with Crippen LogP contribution in [-0.2, 0) is 0 Å². The Morgan fingerprint density at radius 1 is 1.00 bits per heavy atom. The first-order chi connectivity index (χ1) is 4.50. The molecule has 1 aliphatic carbocycles. The molecule has 0 aliphatic heterocycles. The van der Waals surface area contributed by atoms with Crippen molar-refractivity contribution in [2.75, 3.05) is 0 Å². The Bertz CT molecular complexity index is 145. The van der Waals surface area contributed by atoms with E-state index >= 15 is 0 Å². The van der Waals surface area contributed by atoms with Crippen LogP contribution in [0.2, 0.25) is 0 Å². The lowest BCUT2D eigenvalue weighted by Gasteiger charge is -1.85. The minimum absolute atomic E-state index is 1.05.